The molecule has 31 heavy (non-hydrogen) atoms. The number of rotatable bonds is 8. The van der Waals surface area contributed by atoms with Gasteiger partial charge in [-0.05, 0) is 57.4 Å². The summed E-state index contributed by atoms with van der Waals surface area (Å²) in [4.78, 5) is 24.7. The van der Waals surface area contributed by atoms with Crippen LogP contribution in [-0.4, -0.2) is 37.9 Å². The van der Waals surface area contributed by atoms with Crippen molar-refractivity contribution in [1.82, 2.24) is 19.4 Å². The second-order valence-corrected chi connectivity index (χ2v) is 9.71. The molecule has 2 aliphatic carbocycles. The fourth-order valence-electron chi connectivity index (χ4n) is 6.03. The molecule has 0 bridgehead atoms. The molecule has 0 spiro atoms. The first-order valence-corrected chi connectivity index (χ1v) is 12.8. The van der Waals surface area contributed by atoms with Gasteiger partial charge < -0.3 is 9.47 Å². The molecule has 0 aliphatic heterocycles. The Labute approximate surface area is 187 Å². The Morgan fingerprint density at radius 2 is 1.87 bits per heavy atom. The molecular formula is C26H40N4O. The van der Waals surface area contributed by atoms with Crippen molar-refractivity contribution < 1.29 is 4.79 Å². The molecule has 0 aromatic carbocycles. The molecule has 2 fully saturated rings. The van der Waals surface area contributed by atoms with E-state index < -0.39 is 0 Å². The van der Waals surface area contributed by atoms with Crippen LogP contribution in [-0.2, 0) is 11.3 Å². The zero-order chi connectivity index (χ0) is 21.6. The number of aromatic nitrogens is 3. The van der Waals surface area contributed by atoms with Gasteiger partial charge in [-0.2, -0.15) is 0 Å². The Balaban J connectivity index is 1.49. The van der Waals surface area contributed by atoms with Crippen molar-refractivity contribution in [1.29, 1.82) is 0 Å². The van der Waals surface area contributed by atoms with Gasteiger partial charge in [-0.1, -0.05) is 39.0 Å². The minimum Gasteiger partial charge on any atom is -0.340 e. The van der Waals surface area contributed by atoms with E-state index in [0.29, 0.717) is 30.8 Å². The Kier molecular flexibility index (Phi) is 7.62. The van der Waals surface area contributed by atoms with E-state index in [4.69, 9.17) is 4.98 Å². The second kappa shape index (κ2) is 10.6. The van der Waals surface area contributed by atoms with Crippen LogP contribution in [0, 0.1) is 5.92 Å². The lowest BCUT2D eigenvalue weighted by Gasteiger charge is -2.34. The van der Waals surface area contributed by atoms with Gasteiger partial charge in [0.15, 0.2) is 0 Å². The van der Waals surface area contributed by atoms with E-state index in [1.54, 1.807) is 0 Å². The lowest BCUT2D eigenvalue weighted by atomic mass is 9.79. The maximum Gasteiger partial charge on any atom is 0.224 e. The molecule has 0 radical (unpaired) electrons. The molecule has 4 rings (SSSR count). The second-order valence-electron chi connectivity index (χ2n) is 9.71. The summed E-state index contributed by atoms with van der Waals surface area (Å²) < 4.78 is 2.32. The lowest BCUT2D eigenvalue weighted by molar-refractivity contribution is -0.134. The smallest absolute Gasteiger partial charge is 0.224 e. The number of carbonyl (C=O) groups excluding carboxylic acids is 1. The monoisotopic (exact) mass is 424 g/mol. The van der Waals surface area contributed by atoms with Crippen LogP contribution in [0.3, 0.4) is 0 Å². The quantitative estimate of drug-likeness (QED) is 0.516. The lowest BCUT2D eigenvalue weighted by Crippen LogP contribution is -2.41. The normalized spacial score (nSPS) is 22.6. The van der Waals surface area contributed by atoms with Crippen molar-refractivity contribution in [2.45, 2.75) is 109 Å². The Bertz CT molecular complexity index is 846. The van der Waals surface area contributed by atoms with Gasteiger partial charge in [-0.3, -0.25) is 9.78 Å². The highest BCUT2D eigenvalue weighted by molar-refractivity contribution is 5.78. The average molecular weight is 425 g/mol. The summed E-state index contributed by atoms with van der Waals surface area (Å²) in [6.07, 6.45) is 18.2. The van der Waals surface area contributed by atoms with E-state index in [0.717, 1.165) is 23.5 Å². The number of carbonyl (C=O) groups is 1. The van der Waals surface area contributed by atoms with E-state index in [1.165, 1.54) is 76.5 Å². The summed E-state index contributed by atoms with van der Waals surface area (Å²) >= 11 is 0. The third-order valence-corrected chi connectivity index (χ3v) is 7.71. The van der Waals surface area contributed by atoms with Gasteiger partial charge in [0.2, 0.25) is 5.91 Å². The molecule has 2 aromatic heterocycles. The summed E-state index contributed by atoms with van der Waals surface area (Å²) in [5.74, 6) is 2.89. The van der Waals surface area contributed by atoms with Gasteiger partial charge in [0.1, 0.15) is 5.82 Å². The molecule has 0 N–H and O–H groups in total. The SMILES string of the molecule is CCCC1CCC(c2nc3ccncc3n2CCC(=O)N(CC)C2CCCCC2)CC1. The first kappa shape index (κ1) is 22.3. The van der Waals surface area contributed by atoms with Crippen molar-refractivity contribution in [3.05, 3.63) is 24.3 Å². The molecule has 0 unspecified atom stereocenters. The van der Waals surface area contributed by atoms with Gasteiger partial charge in [-0.15, -0.1) is 0 Å². The fraction of sp³-hybridized carbons (Fsp3) is 0.731. The molecule has 5 nitrogen and oxygen atoms in total. The molecule has 5 heteroatoms. The third kappa shape index (κ3) is 5.12. The molecule has 2 aliphatic rings. The largest absolute Gasteiger partial charge is 0.340 e. The number of hydrogen-bond donors (Lipinski definition) is 0. The highest BCUT2D eigenvalue weighted by Gasteiger charge is 2.28. The summed E-state index contributed by atoms with van der Waals surface area (Å²) in [7, 11) is 0. The molecule has 0 saturated heterocycles. The van der Waals surface area contributed by atoms with Crippen LogP contribution < -0.4 is 0 Å². The Morgan fingerprint density at radius 3 is 2.58 bits per heavy atom. The van der Waals surface area contributed by atoms with E-state index in [-0.39, 0.29) is 0 Å². The van der Waals surface area contributed by atoms with Gasteiger partial charge in [-0.25, -0.2) is 4.98 Å². The van der Waals surface area contributed by atoms with Gasteiger partial charge >= 0.3 is 0 Å². The van der Waals surface area contributed by atoms with E-state index in [2.05, 4.69) is 28.3 Å². The number of nitrogens with zero attached hydrogens (tertiary/aromatic N) is 4. The Hall–Kier alpha value is -1.91. The van der Waals surface area contributed by atoms with Gasteiger partial charge in [0.25, 0.3) is 0 Å². The number of imidazole rings is 1. The standard InChI is InChI=1S/C26H40N4O/c1-3-8-20-11-13-21(14-12-20)26-28-23-15-17-27-19-24(23)30(26)18-16-25(31)29(4-2)22-9-6-5-7-10-22/h15,17,19-22H,3-14,16,18H2,1-2H3. The van der Waals surface area contributed by atoms with Gasteiger partial charge in [0.05, 0.1) is 17.2 Å². The third-order valence-electron chi connectivity index (χ3n) is 7.71. The molecule has 2 saturated carbocycles. The number of aryl methyl sites for hydroxylation is 1. The van der Waals surface area contributed by atoms with Crippen LogP contribution in [0.5, 0.6) is 0 Å². The van der Waals surface area contributed by atoms with Gasteiger partial charge in [0, 0.05) is 37.7 Å². The average Bonchev–Trinajstić information content (AvgIpc) is 3.18. The summed E-state index contributed by atoms with van der Waals surface area (Å²) in [5.41, 5.74) is 2.11. The molecule has 2 aromatic rings. The first-order valence-electron chi connectivity index (χ1n) is 12.8. The van der Waals surface area contributed by atoms with Crippen molar-refractivity contribution in [2.75, 3.05) is 6.54 Å². The zero-order valence-corrected chi connectivity index (χ0v) is 19.6. The van der Waals surface area contributed by atoms with Crippen LogP contribution in [0.25, 0.3) is 11.0 Å². The van der Waals surface area contributed by atoms with Crippen LogP contribution >= 0.6 is 0 Å². The fourth-order valence-corrected chi connectivity index (χ4v) is 6.03. The van der Waals surface area contributed by atoms with Crippen molar-refractivity contribution in [3.63, 3.8) is 0 Å². The number of amides is 1. The van der Waals surface area contributed by atoms with Crippen molar-refractivity contribution in [2.24, 2.45) is 5.92 Å². The van der Waals surface area contributed by atoms with Crippen LogP contribution in [0.2, 0.25) is 0 Å². The minimum atomic E-state index is 0.303. The zero-order valence-electron chi connectivity index (χ0n) is 19.6. The summed E-state index contributed by atoms with van der Waals surface area (Å²) in [6.45, 7) is 5.96. The van der Waals surface area contributed by atoms with Crippen molar-refractivity contribution >= 4 is 16.9 Å². The van der Waals surface area contributed by atoms with E-state index in [1.807, 2.05) is 18.5 Å². The Morgan fingerprint density at radius 1 is 1.10 bits per heavy atom. The summed E-state index contributed by atoms with van der Waals surface area (Å²) in [5, 5.41) is 0. The molecule has 0 atom stereocenters. The predicted octanol–water partition coefficient (Wildman–Crippen LogP) is 6.08. The van der Waals surface area contributed by atoms with Crippen molar-refractivity contribution in [3.8, 4) is 0 Å². The molecule has 1 amide bonds. The van der Waals surface area contributed by atoms with Crippen LogP contribution in [0.1, 0.15) is 103 Å². The summed E-state index contributed by atoms with van der Waals surface area (Å²) in [6, 6.07) is 2.46. The maximum atomic E-state index is 13.2. The molecule has 2 heterocycles. The van der Waals surface area contributed by atoms with Crippen LogP contribution in [0.15, 0.2) is 18.5 Å². The highest BCUT2D eigenvalue weighted by atomic mass is 16.2. The predicted molar refractivity (Wildman–Crippen MR) is 126 cm³/mol. The van der Waals surface area contributed by atoms with E-state index in [9.17, 15) is 4.79 Å². The number of pyridine rings is 1. The van der Waals surface area contributed by atoms with E-state index >= 15 is 0 Å². The number of fused-ring (bicyclic) bond motifs is 1. The number of hydrogen-bond acceptors (Lipinski definition) is 3. The first-order chi connectivity index (χ1) is 15.2. The van der Waals surface area contributed by atoms with Crippen LogP contribution in [0.4, 0.5) is 0 Å². The maximum absolute atomic E-state index is 13.2. The minimum absolute atomic E-state index is 0.303. The molecule has 170 valence electrons. The highest BCUT2D eigenvalue weighted by Crippen LogP contribution is 2.38. The topological polar surface area (TPSA) is 51.0 Å². The molecular weight excluding hydrogens is 384 g/mol.